The first kappa shape index (κ1) is 17.6. The summed E-state index contributed by atoms with van der Waals surface area (Å²) < 4.78 is 27.8. The van der Waals surface area contributed by atoms with Gasteiger partial charge in [0.25, 0.3) is 0 Å². The van der Waals surface area contributed by atoms with Crippen LogP contribution in [0.4, 0.5) is 5.69 Å². The number of benzene rings is 2. The summed E-state index contributed by atoms with van der Waals surface area (Å²) in [5, 5.41) is 0. The summed E-state index contributed by atoms with van der Waals surface area (Å²) in [4.78, 5) is 13.7. The van der Waals surface area contributed by atoms with E-state index in [-0.39, 0.29) is 12.5 Å². The molecule has 132 valence electrons. The average molecular weight is 358 g/mol. The Balaban J connectivity index is 1.77. The lowest BCUT2D eigenvalue weighted by Gasteiger charge is -2.15. The summed E-state index contributed by atoms with van der Waals surface area (Å²) in [7, 11) is -3.56. The quantitative estimate of drug-likeness (QED) is 0.914. The third-order valence-corrected chi connectivity index (χ3v) is 6.07. The molecule has 6 heteroatoms. The fourth-order valence-electron chi connectivity index (χ4n) is 3.25. The number of hydrogen-bond acceptors (Lipinski definition) is 3. The fourth-order valence-corrected chi connectivity index (χ4v) is 4.49. The first-order chi connectivity index (χ1) is 11.8. The Morgan fingerprint density at radius 1 is 1.16 bits per heavy atom. The summed E-state index contributed by atoms with van der Waals surface area (Å²) in [6.45, 7) is 6.20. The Morgan fingerprint density at radius 3 is 2.60 bits per heavy atom. The summed E-state index contributed by atoms with van der Waals surface area (Å²) in [6.07, 6.45) is 0.798. The Bertz CT molecular complexity index is 936. The van der Waals surface area contributed by atoms with Gasteiger partial charge in [-0.1, -0.05) is 29.8 Å². The fraction of sp³-hybridized carbons (Fsp3) is 0.316. The van der Waals surface area contributed by atoms with E-state index in [9.17, 15) is 13.2 Å². The molecule has 1 N–H and O–H groups in total. The molecule has 0 atom stereocenters. The third-order valence-electron chi connectivity index (χ3n) is 4.51. The highest BCUT2D eigenvalue weighted by Gasteiger charge is 2.22. The minimum absolute atomic E-state index is 0.0297. The van der Waals surface area contributed by atoms with Gasteiger partial charge in [-0.25, -0.2) is 13.1 Å². The van der Waals surface area contributed by atoms with E-state index < -0.39 is 10.0 Å². The molecular formula is C19H22N2O3S. The molecule has 0 bridgehead atoms. The number of nitrogens with one attached hydrogen (secondary N) is 1. The van der Waals surface area contributed by atoms with Crippen molar-refractivity contribution in [2.45, 2.75) is 38.6 Å². The number of fused-ring (bicyclic) bond motifs is 1. The van der Waals surface area contributed by atoms with Crippen molar-refractivity contribution in [3.63, 3.8) is 0 Å². The van der Waals surface area contributed by atoms with Gasteiger partial charge in [0.15, 0.2) is 0 Å². The van der Waals surface area contributed by atoms with Crippen LogP contribution < -0.4 is 9.62 Å². The van der Waals surface area contributed by atoms with Crippen molar-refractivity contribution in [3.8, 4) is 0 Å². The van der Waals surface area contributed by atoms with Gasteiger partial charge < -0.3 is 4.90 Å². The summed E-state index contributed by atoms with van der Waals surface area (Å²) in [6, 6.07) is 11.0. The Morgan fingerprint density at radius 2 is 1.92 bits per heavy atom. The largest absolute Gasteiger partial charge is 0.312 e. The maximum Gasteiger partial charge on any atom is 0.241 e. The predicted molar refractivity (Wildman–Crippen MR) is 98.1 cm³/mol. The number of rotatable bonds is 4. The lowest BCUT2D eigenvalue weighted by atomic mass is 10.1. The topological polar surface area (TPSA) is 66.5 Å². The van der Waals surface area contributed by atoms with Gasteiger partial charge in [0, 0.05) is 25.7 Å². The van der Waals surface area contributed by atoms with Crippen LogP contribution >= 0.6 is 0 Å². The van der Waals surface area contributed by atoms with Crippen LogP contribution in [0.3, 0.4) is 0 Å². The molecule has 1 heterocycles. The molecule has 0 saturated heterocycles. The van der Waals surface area contributed by atoms with Gasteiger partial charge in [-0.05, 0) is 49.1 Å². The van der Waals surface area contributed by atoms with Gasteiger partial charge in [0.1, 0.15) is 0 Å². The van der Waals surface area contributed by atoms with Crippen LogP contribution in [0.1, 0.15) is 29.2 Å². The van der Waals surface area contributed by atoms with Crippen molar-refractivity contribution in [3.05, 3.63) is 58.7 Å². The molecule has 5 nitrogen and oxygen atoms in total. The van der Waals surface area contributed by atoms with Crippen molar-refractivity contribution in [1.82, 2.24) is 4.72 Å². The van der Waals surface area contributed by atoms with Crippen LogP contribution in [0.25, 0.3) is 0 Å². The lowest BCUT2D eigenvalue weighted by Crippen LogP contribution is -2.25. The maximum atomic E-state index is 12.5. The van der Waals surface area contributed by atoms with E-state index >= 15 is 0 Å². The number of carbonyl (C=O) groups excluding carboxylic acids is 1. The molecule has 0 fully saturated rings. The number of hydrogen-bond donors (Lipinski definition) is 1. The van der Waals surface area contributed by atoms with E-state index in [4.69, 9.17) is 0 Å². The Kier molecular flexibility index (Phi) is 4.67. The number of aryl methyl sites for hydroxylation is 2. The Hall–Kier alpha value is -2.18. The molecule has 1 amide bonds. The number of carbonyl (C=O) groups is 1. The number of anilines is 1. The molecule has 0 saturated carbocycles. The van der Waals surface area contributed by atoms with Crippen molar-refractivity contribution in [1.29, 1.82) is 0 Å². The molecule has 0 unspecified atom stereocenters. The molecular weight excluding hydrogens is 336 g/mol. The van der Waals surface area contributed by atoms with E-state index in [1.54, 1.807) is 30.9 Å². The molecule has 25 heavy (non-hydrogen) atoms. The van der Waals surface area contributed by atoms with Crippen LogP contribution in [-0.2, 0) is 27.8 Å². The second kappa shape index (κ2) is 6.61. The monoisotopic (exact) mass is 358 g/mol. The van der Waals surface area contributed by atoms with Crippen molar-refractivity contribution in [2.24, 2.45) is 0 Å². The first-order valence-electron chi connectivity index (χ1n) is 8.25. The maximum absolute atomic E-state index is 12.5. The average Bonchev–Trinajstić information content (AvgIpc) is 2.96. The second-order valence-electron chi connectivity index (χ2n) is 6.48. The lowest BCUT2D eigenvalue weighted by molar-refractivity contribution is -0.116. The van der Waals surface area contributed by atoms with Crippen LogP contribution in [0.15, 0.2) is 41.3 Å². The normalized spacial score (nSPS) is 13.8. The zero-order chi connectivity index (χ0) is 18.2. The van der Waals surface area contributed by atoms with Crippen molar-refractivity contribution < 1.29 is 13.2 Å². The van der Waals surface area contributed by atoms with E-state index in [2.05, 4.69) is 4.72 Å². The van der Waals surface area contributed by atoms with E-state index in [0.717, 1.165) is 34.4 Å². The standard InChI is InChI=1S/C19H22N2O3S/c1-13-4-7-19(14(2)10-13)25(23,24)20-12-16-5-6-18-17(11-16)8-9-21(18)15(3)22/h4-7,10-11,20H,8-9,12H2,1-3H3. The SMILES string of the molecule is CC(=O)N1CCc2cc(CNS(=O)(=O)c3ccc(C)cc3C)ccc21. The summed E-state index contributed by atoms with van der Waals surface area (Å²) >= 11 is 0. The molecule has 0 aliphatic carbocycles. The second-order valence-corrected chi connectivity index (χ2v) is 8.21. The molecule has 2 aromatic rings. The molecule has 0 spiro atoms. The van der Waals surface area contributed by atoms with Crippen LogP contribution in [0, 0.1) is 13.8 Å². The Labute approximate surface area is 148 Å². The summed E-state index contributed by atoms with van der Waals surface area (Å²) in [5.74, 6) is 0.0297. The number of amides is 1. The molecule has 0 aromatic heterocycles. The molecule has 3 rings (SSSR count). The van der Waals surface area contributed by atoms with Gasteiger partial charge >= 0.3 is 0 Å². The predicted octanol–water partition coefficient (Wildman–Crippen LogP) is 2.69. The number of nitrogens with zero attached hydrogens (tertiary/aromatic N) is 1. The minimum Gasteiger partial charge on any atom is -0.312 e. The van der Waals surface area contributed by atoms with E-state index in [0.29, 0.717) is 11.4 Å². The highest BCUT2D eigenvalue weighted by Crippen LogP contribution is 2.29. The third kappa shape index (κ3) is 3.60. The smallest absolute Gasteiger partial charge is 0.241 e. The van der Waals surface area contributed by atoms with E-state index in [1.165, 1.54) is 0 Å². The van der Waals surface area contributed by atoms with Gasteiger partial charge in [-0.15, -0.1) is 0 Å². The van der Waals surface area contributed by atoms with Gasteiger partial charge in [-0.2, -0.15) is 0 Å². The van der Waals surface area contributed by atoms with E-state index in [1.807, 2.05) is 31.2 Å². The molecule has 0 radical (unpaired) electrons. The highest BCUT2D eigenvalue weighted by atomic mass is 32.2. The van der Waals surface area contributed by atoms with Gasteiger partial charge in [-0.3, -0.25) is 4.79 Å². The minimum atomic E-state index is -3.56. The molecule has 1 aliphatic heterocycles. The van der Waals surface area contributed by atoms with Crippen LogP contribution in [-0.4, -0.2) is 20.9 Å². The zero-order valence-electron chi connectivity index (χ0n) is 14.7. The summed E-state index contributed by atoms with van der Waals surface area (Å²) in [5.41, 5.74) is 4.66. The van der Waals surface area contributed by atoms with Gasteiger partial charge in [0.05, 0.1) is 4.90 Å². The van der Waals surface area contributed by atoms with Crippen molar-refractivity contribution in [2.75, 3.05) is 11.4 Å². The van der Waals surface area contributed by atoms with Gasteiger partial charge in [0.2, 0.25) is 15.9 Å². The highest BCUT2D eigenvalue weighted by molar-refractivity contribution is 7.89. The molecule has 1 aliphatic rings. The first-order valence-corrected chi connectivity index (χ1v) is 9.73. The van der Waals surface area contributed by atoms with Crippen molar-refractivity contribution >= 4 is 21.6 Å². The number of sulfonamides is 1. The molecule has 2 aromatic carbocycles. The van der Waals surface area contributed by atoms with Crippen LogP contribution in [0.2, 0.25) is 0 Å². The van der Waals surface area contributed by atoms with Crippen LogP contribution in [0.5, 0.6) is 0 Å². The zero-order valence-corrected chi connectivity index (χ0v) is 15.5.